The summed E-state index contributed by atoms with van der Waals surface area (Å²) in [5.41, 5.74) is 0. The molecule has 0 unspecified atom stereocenters. The Kier molecular flexibility index (Phi) is 77.5. The smallest absolute Gasteiger partial charge is 0.292 e. The predicted molar refractivity (Wildman–Crippen MR) is 25.1 cm³/mol. The number of hydrogen-bond donors (Lipinski definition) is 1. The molecule has 0 spiro atoms. The Morgan fingerprint density at radius 2 is 1.62 bits per heavy atom. The van der Waals surface area contributed by atoms with Crippen LogP contribution in [0.25, 0.3) is 0 Å². The van der Waals surface area contributed by atoms with Gasteiger partial charge in [0.2, 0.25) is 0 Å². The third-order valence-electron chi connectivity index (χ3n) is 0.0962. The standard InChI is InChI=1S/C2H4O2.CH2O2.H3N/c1-4-2-3;2-1-3;/h2H,1H3;1H,(H,2,3);1H3. The summed E-state index contributed by atoms with van der Waals surface area (Å²) in [6, 6.07) is 0. The maximum Gasteiger partial charge on any atom is 0.292 e. The highest BCUT2D eigenvalue weighted by molar-refractivity contribution is 5.36. The SMILES string of the molecule is COC=O.O=C[O-].[NH4+]. The van der Waals surface area contributed by atoms with Gasteiger partial charge in [-0.2, -0.15) is 0 Å². The lowest BCUT2D eigenvalue weighted by Gasteiger charge is -1.67. The fourth-order valence-electron chi connectivity index (χ4n) is 0. The number of methoxy groups -OCH3 is 1. The average molecular weight is 123 g/mol. The van der Waals surface area contributed by atoms with Crippen LogP contribution < -0.4 is 11.3 Å². The zero-order valence-corrected chi connectivity index (χ0v) is 4.79. The maximum absolute atomic E-state index is 8.95. The van der Waals surface area contributed by atoms with Gasteiger partial charge in [-0.05, 0) is 0 Å². The molecular formula is C3H9NO4. The van der Waals surface area contributed by atoms with Crippen molar-refractivity contribution in [1.29, 1.82) is 0 Å². The molecule has 0 aliphatic carbocycles. The minimum absolute atomic E-state index is 0. The molecule has 0 atom stereocenters. The molecule has 0 fully saturated rings. The monoisotopic (exact) mass is 123 g/mol. The first kappa shape index (κ1) is 15.8. The molecular weight excluding hydrogens is 114 g/mol. The van der Waals surface area contributed by atoms with Crippen LogP contribution >= 0.6 is 0 Å². The lowest BCUT2D eigenvalue weighted by Crippen LogP contribution is -2.01. The van der Waals surface area contributed by atoms with Crippen LogP contribution in [-0.2, 0) is 14.3 Å². The third kappa shape index (κ3) is 7450. The molecule has 0 aliphatic rings. The van der Waals surface area contributed by atoms with E-state index in [9.17, 15) is 0 Å². The summed E-state index contributed by atoms with van der Waals surface area (Å²) in [4.78, 5) is 17.2. The van der Waals surface area contributed by atoms with Gasteiger partial charge in [-0.15, -0.1) is 0 Å². The lowest BCUT2D eigenvalue weighted by molar-refractivity contribution is -0.283. The fraction of sp³-hybridized carbons (Fsp3) is 0.333. The topological polar surface area (TPSA) is 103 Å². The van der Waals surface area contributed by atoms with Gasteiger partial charge in [0.15, 0.2) is 0 Å². The van der Waals surface area contributed by atoms with Gasteiger partial charge in [0.1, 0.15) is 0 Å². The van der Waals surface area contributed by atoms with Crippen molar-refractivity contribution in [2.75, 3.05) is 7.11 Å². The van der Waals surface area contributed by atoms with E-state index in [1.807, 2.05) is 0 Å². The van der Waals surface area contributed by atoms with Gasteiger partial charge in [-0.1, -0.05) is 0 Å². The number of ether oxygens (including phenoxy) is 1. The molecule has 4 N–H and O–H groups in total. The number of carbonyl (C=O) groups excluding carboxylic acids is 2. The summed E-state index contributed by atoms with van der Waals surface area (Å²) in [5.74, 6) is 0. The van der Waals surface area contributed by atoms with Crippen LogP contribution in [0.4, 0.5) is 0 Å². The Bertz CT molecular complexity index is 46.5. The summed E-state index contributed by atoms with van der Waals surface area (Å²) in [6.45, 7) is -0.125. The van der Waals surface area contributed by atoms with Crippen molar-refractivity contribution >= 4 is 12.9 Å². The van der Waals surface area contributed by atoms with Gasteiger partial charge in [0.05, 0.1) is 7.11 Å². The van der Waals surface area contributed by atoms with E-state index >= 15 is 0 Å². The molecule has 0 radical (unpaired) electrons. The lowest BCUT2D eigenvalue weighted by atomic mass is 11.5. The molecule has 0 rings (SSSR count). The van der Waals surface area contributed by atoms with E-state index in [0.717, 1.165) is 0 Å². The Hall–Kier alpha value is -1.10. The molecule has 8 heavy (non-hydrogen) atoms. The zero-order valence-electron chi connectivity index (χ0n) is 4.79. The summed E-state index contributed by atoms with van der Waals surface area (Å²) >= 11 is 0. The Balaban J connectivity index is -0.0000000575. The van der Waals surface area contributed by atoms with Crippen molar-refractivity contribution in [2.24, 2.45) is 0 Å². The average Bonchev–Trinajstić information content (AvgIpc) is 1.69. The molecule has 0 amide bonds. The summed E-state index contributed by atoms with van der Waals surface area (Å²) < 4.78 is 3.86. The number of rotatable bonds is 1. The molecule has 50 valence electrons. The summed E-state index contributed by atoms with van der Waals surface area (Å²) in [7, 11) is 1.31. The van der Waals surface area contributed by atoms with E-state index in [0.29, 0.717) is 6.47 Å². The van der Waals surface area contributed by atoms with Crippen LogP contribution in [0, 0.1) is 0 Å². The first-order valence-corrected chi connectivity index (χ1v) is 1.35. The minimum atomic E-state index is -0.500. The summed E-state index contributed by atoms with van der Waals surface area (Å²) in [5, 5.41) is 8.25. The second kappa shape index (κ2) is 39.2. The predicted octanol–water partition coefficient (Wildman–Crippen LogP) is -1.47. The first-order chi connectivity index (χ1) is 3.33. The van der Waals surface area contributed by atoms with Gasteiger partial charge < -0.3 is 20.8 Å². The van der Waals surface area contributed by atoms with Crippen molar-refractivity contribution in [3.63, 3.8) is 0 Å². The minimum Gasteiger partial charge on any atom is -0.554 e. The van der Waals surface area contributed by atoms with E-state index < -0.39 is 6.47 Å². The molecule has 0 aromatic heterocycles. The number of quaternary nitrogens is 1. The molecule has 0 saturated carbocycles. The van der Waals surface area contributed by atoms with Crippen LogP contribution in [0.15, 0.2) is 0 Å². The van der Waals surface area contributed by atoms with E-state index in [1.165, 1.54) is 7.11 Å². The number of carbonyl (C=O) groups is 2. The highest BCUT2D eigenvalue weighted by Gasteiger charge is 1.44. The van der Waals surface area contributed by atoms with Crippen molar-refractivity contribution in [2.45, 2.75) is 0 Å². The quantitative estimate of drug-likeness (QED) is 0.430. The Morgan fingerprint density at radius 1 is 1.50 bits per heavy atom. The third-order valence-corrected chi connectivity index (χ3v) is 0.0962. The molecule has 0 saturated heterocycles. The van der Waals surface area contributed by atoms with Gasteiger partial charge in [-0.25, -0.2) is 0 Å². The molecule has 0 heterocycles. The van der Waals surface area contributed by atoms with Gasteiger partial charge in [-0.3, -0.25) is 4.79 Å². The van der Waals surface area contributed by atoms with Crippen LogP contribution in [0.1, 0.15) is 0 Å². The zero-order chi connectivity index (χ0) is 6.12. The number of hydrogen-bond acceptors (Lipinski definition) is 4. The molecule has 0 aromatic rings. The van der Waals surface area contributed by atoms with Crippen LogP contribution in [-0.4, -0.2) is 20.1 Å². The Morgan fingerprint density at radius 3 is 1.62 bits per heavy atom. The van der Waals surface area contributed by atoms with Crippen LogP contribution in [0.3, 0.4) is 0 Å². The summed E-state index contributed by atoms with van der Waals surface area (Å²) in [6.07, 6.45) is 0. The van der Waals surface area contributed by atoms with Gasteiger partial charge in [0.25, 0.3) is 6.47 Å². The van der Waals surface area contributed by atoms with Crippen molar-refractivity contribution < 1.29 is 19.4 Å². The van der Waals surface area contributed by atoms with E-state index in [1.54, 1.807) is 0 Å². The van der Waals surface area contributed by atoms with Crippen LogP contribution in [0.2, 0.25) is 0 Å². The maximum atomic E-state index is 8.95. The Labute approximate surface area is 46.8 Å². The van der Waals surface area contributed by atoms with Crippen molar-refractivity contribution in [3.8, 4) is 0 Å². The first-order valence-electron chi connectivity index (χ1n) is 1.35. The van der Waals surface area contributed by atoms with Gasteiger partial charge in [0, 0.05) is 6.47 Å². The highest BCUT2D eigenvalue weighted by atomic mass is 16.5. The molecule has 5 nitrogen and oxygen atoms in total. The second-order valence-electron chi connectivity index (χ2n) is 0.428. The van der Waals surface area contributed by atoms with E-state index in [2.05, 4.69) is 4.74 Å². The van der Waals surface area contributed by atoms with E-state index in [-0.39, 0.29) is 6.15 Å². The van der Waals surface area contributed by atoms with Crippen molar-refractivity contribution in [3.05, 3.63) is 0 Å². The second-order valence-corrected chi connectivity index (χ2v) is 0.428. The fourth-order valence-corrected chi connectivity index (χ4v) is 0. The van der Waals surface area contributed by atoms with Gasteiger partial charge >= 0.3 is 0 Å². The van der Waals surface area contributed by atoms with Crippen molar-refractivity contribution in [1.82, 2.24) is 6.15 Å². The molecule has 0 bridgehead atoms. The highest BCUT2D eigenvalue weighted by Crippen LogP contribution is 1.35. The normalized spacial score (nSPS) is 4.12. The molecule has 0 aliphatic heterocycles. The molecule has 0 aromatic carbocycles. The van der Waals surface area contributed by atoms with E-state index in [4.69, 9.17) is 14.7 Å². The largest absolute Gasteiger partial charge is 0.554 e. The molecule has 5 heteroatoms. The number of carboxylic acid groups (broad SMARTS) is 1. The van der Waals surface area contributed by atoms with Crippen LogP contribution in [0.5, 0.6) is 0 Å².